The molecule has 0 amide bonds. The summed E-state index contributed by atoms with van der Waals surface area (Å²) in [7, 11) is 0. The minimum absolute atomic E-state index is 0.281. The zero-order valence-corrected chi connectivity index (χ0v) is 11.8. The van der Waals surface area contributed by atoms with Crippen molar-refractivity contribution in [3.05, 3.63) is 18.2 Å². The lowest BCUT2D eigenvalue weighted by atomic mass is 9.90. The second-order valence-corrected chi connectivity index (χ2v) is 4.73. The van der Waals surface area contributed by atoms with Gasteiger partial charge in [-0.1, -0.05) is 27.7 Å². The summed E-state index contributed by atoms with van der Waals surface area (Å²) >= 11 is 0. The van der Waals surface area contributed by atoms with Gasteiger partial charge in [-0.3, -0.25) is 0 Å². The van der Waals surface area contributed by atoms with Crippen LogP contribution in [0.15, 0.2) is 12.4 Å². The molecule has 0 aliphatic carbocycles. The average Bonchev–Trinajstić information content (AvgIpc) is 2.80. The molecular weight excluding hydrogens is 210 g/mol. The molecule has 0 aliphatic heterocycles. The lowest BCUT2D eigenvalue weighted by Gasteiger charge is -2.32. The van der Waals surface area contributed by atoms with Gasteiger partial charge in [0.1, 0.15) is 5.82 Å². The fourth-order valence-corrected chi connectivity index (χ4v) is 2.34. The van der Waals surface area contributed by atoms with Gasteiger partial charge in [0.2, 0.25) is 0 Å². The van der Waals surface area contributed by atoms with Gasteiger partial charge in [-0.25, -0.2) is 4.98 Å². The maximum absolute atomic E-state index is 4.44. The number of aryl methyl sites for hydroxylation is 1. The fourth-order valence-electron chi connectivity index (χ4n) is 2.34. The molecule has 1 N–H and O–H groups in total. The van der Waals surface area contributed by atoms with Crippen LogP contribution in [0.25, 0.3) is 0 Å². The Hall–Kier alpha value is -0.830. The number of hydrogen-bond acceptors (Lipinski definition) is 2. The van der Waals surface area contributed by atoms with E-state index >= 15 is 0 Å². The molecule has 0 bridgehead atoms. The van der Waals surface area contributed by atoms with Gasteiger partial charge in [-0.15, -0.1) is 0 Å². The van der Waals surface area contributed by atoms with Crippen LogP contribution in [0.2, 0.25) is 0 Å². The molecule has 0 aliphatic rings. The highest BCUT2D eigenvalue weighted by Crippen LogP contribution is 2.19. The van der Waals surface area contributed by atoms with E-state index in [9.17, 15) is 0 Å². The van der Waals surface area contributed by atoms with Gasteiger partial charge in [0.25, 0.3) is 0 Å². The quantitative estimate of drug-likeness (QED) is 0.751. The van der Waals surface area contributed by atoms with Crippen molar-refractivity contribution in [2.45, 2.75) is 72.0 Å². The van der Waals surface area contributed by atoms with E-state index in [1.165, 1.54) is 19.3 Å². The molecule has 3 heteroatoms. The Morgan fingerprint density at radius 1 is 1.18 bits per heavy atom. The molecule has 3 nitrogen and oxygen atoms in total. The summed E-state index contributed by atoms with van der Waals surface area (Å²) < 4.78 is 2.25. The number of imidazole rings is 1. The van der Waals surface area contributed by atoms with Crippen LogP contribution in [0.3, 0.4) is 0 Å². The number of rotatable bonds is 8. The minimum Gasteiger partial charge on any atom is -0.334 e. The zero-order chi connectivity index (χ0) is 12.7. The highest BCUT2D eigenvalue weighted by molar-refractivity contribution is 4.94. The first kappa shape index (κ1) is 14.2. The summed E-state index contributed by atoms with van der Waals surface area (Å²) in [5.74, 6) is 1.16. The van der Waals surface area contributed by atoms with E-state index in [0.29, 0.717) is 0 Å². The van der Waals surface area contributed by atoms with Gasteiger partial charge < -0.3 is 9.88 Å². The van der Waals surface area contributed by atoms with E-state index in [0.717, 1.165) is 25.3 Å². The van der Waals surface area contributed by atoms with Crippen LogP contribution in [0.5, 0.6) is 0 Å². The first-order valence-electron chi connectivity index (χ1n) is 6.96. The van der Waals surface area contributed by atoms with Gasteiger partial charge in [-0.2, -0.15) is 0 Å². The van der Waals surface area contributed by atoms with Crippen molar-refractivity contribution >= 4 is 0 Å². The van der Waals surface area contributed by atoms with Crippen molar-refractivity contribution in [3.63, 3.8) is 0 Å². The molecule has 0 spiro atoms. The number of aromatic nitrogens is 2. The van der Waals surface area contributed by atoms with Crippen molar-refractivity contribution in [2.24, 2.45) is 0 Å². The molecule has 0 unspecified atom stereocenters. The highest BCUT2D eigenvalue weighted by Gasteiger charge is 2.23. The molecule has 0 aromatic carbocycles. The Bertz CT molecular complexity index is 305. The normalized spacial score (nSPS) is 12.0. The van der Waals surface area contributed by atoms with Crippen LogP contribution in [0, 0.1) is 0 Å². The smallest absolute Gasteiger partial charge is 0.122 e. The molecule has 1 aromatic rings. The first-order chi connectivity index (χ1) is 8.21. The summed E-state index contributed by atoms with van der Waals surface area (Å²) in [4.78, 5) is 4.44. The average molecular weight is 237 g/mol. The monoisotopic (exact) mass is 237 g/mol. The molecule has 1 heterocycles. The third-order valence-electron chi connectivity index (χ3n) is 3.92. The minimum atomic E-state index is 0.281. The maximum Gasteiger partial charge on any atom is 0.122 e. The van der Waals surface area contributed by atoms with E-state index < -0.39 is 0 Å². The van der Waals surface area contributed by atoms with Crippen LogP contribution in [-0.2, 0) is 13.1 Å². The molecule has 0 fully saturated rings. The lowest BCUT2D eigenvalue weighted by Crippen LogP contribution is -2.43. The third kappa shape index (κ3) is 3.56. The highest BCUT2D eigenvalue weighted by atomic mass is 15.1. The Labute approximate surface area is 106 Å². The SMILES string of the molecule is CCCn1ccnc1CNC(CC)(CC)CC. The van der Waals surface area contributed by atoms with E-state index in [-0.39, 0.29) is 5.54 Å². The Morgan fingerprint density at radius 2 is 1.82 bits per heavy atom. The number of hydrogen-bond donors (Lipinski definition) is 1. The summed E-state index contributed by atoms with van der Waals surface area (Å²) in [6.07, 6.45) is 8.66. The van der Waals surface area contributed by atoms with Crippen LogP contribution < -0.4 is 5.32 Å². The molecule has 17 heavy (non-hydrogen) atoms. The standard InChI is InChI=1S/C14H27N3/c1-5-10-17-11-9-15-13(17)12-16-14(6-2,7-3)8-4/h9,11,16H,5-8,10,12H2,1-4H3. The van der Waals surface area contributed by atoms with E-state index in [1.54, 1.807) is 0 Å². The predicted octanol–water partition coefficient (Wildman–Crippen LogP) is 3.35. The summed E-state index contributed by atoms with van der Waals surface area (Å²) in [5.41, 5.74) is 0.281. The molecule has 0 atom stereocenters. The van der Waals surface area contributed by atoms with Crippen molar-refractivity contribution in [2.75, 3.05) is 0 Å². The van der Waals surface area contributed by atoms with Crippen molar-refractivity contribution < 1.29 is 0 Å². The molecule has 0 saturated carbocycles. The molecular formula is C14H27N3. The maximum atomic E-state index is 4.44. The van der Waals surface area contributed by atoms with Gasteiger partial charge >= 0.3 is 0 Å². The molecule has 1 rings (SSSR count). The Morgan fingerprint density at radius 3 is 2.35 bits per heavy atom. The van der Waals surface area contributed by atoms with Crippen LogP contribution in [0.1, 0.15) is 59.2 Å². The van der Waals surface area contributed by atoms with Crippen molar-refractivity contribution in [1.29, 1.82) is 0 Å². The third-order valence-corrected chi connectivity index (χ3v) is 3.92. The first-order valence-corrected chi connectivity index (χ1v) is 6.96. The summed E-state index contributed by atoms with van der Waals surface area (Å²) in [6.45, 7) is 10.9. The summed E-state index contributed by atoms with van der Waals surface area (Å²) in [6, 6.07) is 0. The topological polar surface area (TPSA) is 29.9 Å². The largest absolute Gasteiger partial charge is 0.334 e. The molecule has 1 aromatic heterocycles. The van der Waals surface area contributed by atoms with Crippen molar-refractivity contribution in [1.82, 2.24) is 14.9 Å². The van der Waals surface area contributed by atoms with E-state index in [4.69, 9.17) is 0 Å². The molecule has 0 saturated heterocycles. The van der Waals surface area contributed by atoms with Gasteiger partial charge in [-0.05, 0) is 25.7 Å². The van der Waals surface area contributed by atoms with Crippen LogP contribution in [0.4, 0.5) is 0 Å². The zero-order valence-electron chi connectivity index (χ0n) is 11.8. The van der Waals surface area contributed by atoms with E-state index in [2.05, 4.69) is 48.8 Å². The second-order valence-electron chi connectivity index (χ2n) is 4.73. The number of nitrogens with zero attached hydrogens (tertiary/aromatic N) is 2. The lowest BCUT2D eigenvalue weighted by molar-refractivity contribution is 0.283. The predicted molar refractivity (Wildman–Crippen MR) is 73.0 cm³/mol. The Balaban J connectivity index is 2.62. The van der Waals surface area contributed by atoms with Gasteiger partial charge in [0, 0.05) is 24.5 Å². The van der Waals surface area contributed by atoms with Crippen LogP contribution in [-0.4, -0.2) is 15.1 Å². The van der Waals surface area contributed by atoms with Gasteiger partial charge in [0.05, 0.1) is 6.54 Å². The molecule has 98 valence electrons. The fraction of sp³-hybridized carbons (Fsp3) is 0.786. The van der Waals surface area contributed by atoms with Gasteiger partial charge in [0.15, 0.2) is 0 Å². The van der Waals surface area contributed by atoms with E-state index in [1.807, 2.05) is 6.20 Å². The van der Waals surface area contributed by atoms with Crippen LogP contribution >= 0.6 is 0 Å². The summed E-state index contributed by atoms with van der Waals surface area (Å²) in [5, 5.41) is 3.70. The molecule has 0 radical (unpaired) electrons. The number of nitrogens with one attached hydrogen (secondary N) is 1. The van der Waals surface area contributed by atoms with Crippen molar-refractivity contribution in [3.8, 4) is 0 Å². The second kappa shape index (κ2) is 6.80. The Kier molecular flexibility index (Phi) is 5.69.